The minimum absolute atomic E-state index is 0.176. The van der Waals surface area contributed by atoms with Gasteiger partial charge in [-0.1, -0.05) is 23.9 Å². The molecule has 168 valence electrons. The summed E-state index contributed by atoms with van der Waals surface area (Å²) in [7, 11) is 1.27. The van der Waals surface area contributed by atoms with Crippen LogP contribution in [-0.2, 0) is 10.5 Å². The first-order valence-corrected chi connectivity index (χ1v) is 11.1. The second-order valence-electron chi connectivity index (χ2n) is 7.28. The zero-order valence-corrected chi connectivity index (χ0v) is 18.4. The lowest BCUT2D eigenvalue weighted by Crippen LogP contribution is -2.16. The van der Waals surface area contributed by atoms with E-state index in [4.69, 9.17) is 14.1 Å². The fourth-order valence-corrected chi connectivity index (χ4v) is 4.55. The van der Waals surface area contributed by atoms with Crippen LogP contribution in [0.25, 0.3) is 33.8 Å². The van der Waals surface area contributed by atoms with Crippen LogP contribution in [0, 0.1) is 0 Å². The predicted octanol–water partition coefficient (Wildman–Crippen LogP) is 2.95. The van der Waals surface area contributed by atoms with Gasteiger partial charge in [-0.3, -0.25) is 14.3 Å². The Balaban J connectivity index is 1.44. The number of benzene rings is 1. The maximum absolute atomic E-state index is 12.5. The number of H-pyrrole nitrogens is 1. The molecule has 5 heterocycles. The topological polar surface area (TPSA) is 133 Å². The van der Waals surface area contributed by atoms with Gasteiger partial charge in [-0.2, -0.15) is 0 Å². The second-order valence-corrected chi connectivity index (χ2v) is 8.23. The monoisotopic (exact) mass is 473 g/mol. The molecule has 0 unspecified atom stereocenters. The molecule has 12 heteroatoms. The van der Waals surface area contributed by atoms with Crippen molar-refractivity contribution in [1.82, 2.24) is 34.2 Å². The number of aromatic nitrogens is 7. The second kappa shape index (κ2) is 7.85. The maximum Gasteiger partial charge on any atom is 0.343 e. The van der Waals surface area contributed by atoms with Gasteiger partial charge in [-0.25, -0.2) is 19.3 Å². The number of esters is 1. The lowest BCUT2D eigenvalue weighted by Gasteiger charge is -2.07. The van der Waals surface area contributed by atoms with Crippen molar-refractivity contribution < 1.29 is 13.9 Å². The highest BCUT2D eigenvalue weighted by Gasteiger charge is 2.20. The van der Waals surface area contributed by atoms with E-state index in [1.165, 1.54) is 35.7 Å². The van der Waals surface area contributed by atoms with E-state index in [1.807, 2.05) is 34.7 Å². The van der Waals surface area contributed by atoms with E-state index in [1.54, 1.807) is 12.3 Å². The first kappa shape index (κ1) is 20.2. The van der Waals surface area contributed by atoms with E-state index >= 15 is 0 Å². The smallest absolute Gasteiger partial charge is 0.343 e. The molecular formula is C22H15N7O4S. The fraction of sp³-hybridized carbons (Fsp3) is 0.0909. The third-order valence-electron chi connectivity index (χ3n) is 5.26. The summed E-state index contributed by atoms with van der Waals surface area (Å²) < 4.78 is 13.4. The summed E-state index contributed by atoms with van der Waals surface area (Å²) >= 11 is 1.34. The number of para-hydroxylation sites is 1. The average molecular weight is 473 g/mol. The molecule has 34 heavy (non-hydrogen) atoms. The number of carbonyl (C=O) groups is 1. The number of aromatic amines is 1. The highest BCUT2D eigenvalue weighted by Crippen LogP contribution is 2.30. The fourth-order valence-electron chi connectivity index (χ4n) is 3.73. The van der Waals surface area contributed by atoms with E-state index < -0.39 is 5.97 Å². The minimum atomic E-state index is -0.583. The number of carbonyl (C=O) groups excluding carboxylic acids is 1. The highest BCUT2D eigenvalue weighted by atomic mass is 32.2. The van der Waals surface area contributed by atoms with Crippen LogP contribution >= 0.6 is 11.8 Å². The summed E-state index contributed by atoms with van der Waals surface area (Å²) in [5, 5.41) is 12.9. The maximum atomic E-state index is 12.5. The Hall–Kier alpha value is -4.45. The molecule has 0 aliphatic heterocycles. The van der Waals surface area contributed by atoms with Gasteiger partial charge < -0.3 is 9.15 Å². The molecule has 0 radical (unpaired) electrons. The van der Waals surface area contributed by atoms with Crippen molar-refractivity contribution in [3.8, 4) is 11.6 Å². The van der Waals surface area contributed by atoms with Gasteiger partial charge in [0.1, 0.15) is 5.56 Å². The molecule has 0 aliphatic rings. The van der Waals surface area contributed by atoms with Gasteiger partial charge in [0.05, 0.1) is 24.6 Å². The Bertz CT molecular complexity index is 1750. The van der Waals surface area contributed by atoms with Crippen molar-refractivity contribution in [3.05, 3.63) is 76.5 Å². The lowest BCUT2D eigenvalue weighted by atomic mass is 10.2. The molecule has 0 aliphatic carbocycles. The summed E-state index contributed by atoms with van der Waals surface area (Å²) in [5.74, 6) is 0.862. The van der Waals surface area contributed by atoms with E-state index in [-0.39, 0.29) is 16.8 Å². The van der Waals surface area contributed by atoms with E-state index in [0.29, 0.717) is 33.8 Å². The molecule has 11 nitrogen and oxygen atoms in total. The van der Waals surface area contributed by atoms with Gasteiger partial charge in [0.15, 0.2) is 28.0 Å². The minimum Gasteiger partial charge on any atom is -0.465 e. The molecule has 6 aromatic rings. The Labute approximate surface area is 194 Å². The van der Waals surface area contributed by atoms with Gasteiger partial charge in [-0.15, -0.1) is 10.2 Å². The zero-order valence-electron chi connectivity index (χ0n) is 17.6. The van der Waals surface area contributed by atoms with Crippen molar-refractivity contribution in [3.63, 3.8) is 0 Å². The average Bonchev–Trinajstić information content (AvgIpc) is 3.62. The summed E-state index contributed by atoms with van der Waals surface area (Å²) in [5.41, 5.74) is 1.92. The van der Waals surface area contributed by atoms with Crippen molar-refractivity contribution in [2.75, 3.05) is 7.11 Å². The molecule has 6 rings (SSSR count). The Morgan fingerprint density at radius 3 is 2.85 bits per heavy atom. The van der Waals surface area contributed by atoms with Crippen molar-refractivity contribution in [2.45, 2.75) is 10.9 Å². The third kappa shape index (κ3) is 3.15. The summed E-state index contributed by atoms with van der Waals surface area (Å²) in [4.78, 5) is 33.8. The third-order valence-corrected chi connectivity index (χ3v) is 6.23. The van der Waals surface area contributed by atoms with Crippen LogP contribution in [0.5, 0.6) is 0 Å². The van der Waals surface area contributed by atoms with E-state index in [2.05, 4.69) is 20.3 Å². The molecule has 0 fully saturated rings. The summed E-state index contributed by atoms with van der Waals surface area (Å²) in [6.45, 7) is 0. The molecule has 0 bridgehead atoms. The van der Waals surface area contributed by atoms with Crippen LogP contribution in [-0.4, -0.2) is 47.3 Å². The molecule has 1 N–H and O–H groups in total. The number of hydrogen-bond donors (Lipinski definition) is 1. The highest BCUT2D eigenvalue weighted by molar-refractivity contribution is 7.98. The zero-order chi connectivity index (χ0) is 23.2. The lowest BCUT2D eigenvalue weighted by molar-refractivity contribution is 0.0602. The Kier molecular flexibility index (Phi) is 4.66. The Morgan fingerprint density at radius 2 is 2.03 bits per heavy atom. The predicted molar refractivity (Wildman–Crippen MR) is 123 cm³/mol. The first-order chi connectivity index (χ1) is 16.6. The van der Waals surface area contributed by atoms with Gasteiger partial charge in [0.25, 0.3) is 5.56 Å². The number of hydrogen-bond acceptors (Lipinski definition) is 9. The van der Waals surface area contributed by atoms with Crippen LogP contribution in [0.3, 0.4) is 0 Å². The number of nitrogens with one attached hydrogen (secondary N) is 1. The number of nitrogens with zero attached hydrogens (tertiary/aromatic N) is 6. The first-order valence-electron chi connectivity index (χ1n) is 10.1. The number of methoxy groups -OCH3 is 1. The molecule has 0 atom stereocenters. The number of thioether (sulfide) groups is 1. The molecule has 0 amide bonds. The molecule has 5 aromatic heterocycles. The number of furan rings is 1. The van der Waals surface area contributed by atoms with Gasteiger partial charge >= 0.3 is 5.97 Å². The summed E-state index contributed by atoms with van der Waals surface area (Å²) in [6, 6.07) is 12.7. The van der Waals surface area contributed by atoms with Crippen LogP contribution in [0.4, 0.5) is 0 Å². The normalized spacial score (nSPS) is 11.6. The quantitative estimate of drug-likeness (QED) is 0.296. The van der Waals surface area contributed by atoms with Crippen molar-refractivity contribution >= 4 is 39.9 Å². The number of fused-ring (bicyclic) bond motifs is 4. The van der Waals surface area contributed by atoms with Crippen LogP contribution in [0.1, 0.15) is 16.1 Å². The van der Waals surface area contributed by atoms with Gasteiger partial charge in [-0.05, 0) is 24.3 Å². The molecule has 0 spiro atoms. The SMILES string of the molecule is COC(=O)c1c[nH]n2c(=O)cc(CSc3nnc4c5ccccc5nc(-c5ccco5)n34)nc12. The Morgan fingerprint density at radius 1 is 1.15 bits per heavy atom. The van der Waals surface area contributed by atoms with Crippen LogP contribution in [0.15, 0.2) is 69.3 Å². The number of ether oxygens (including phenoxy) is 1. The van der Waals surface area contributed by atoms with Crippen molar-refractivity contribution in [2.24, 2.45) is 0 Å². The van der Waals surface area contributed by atoms with Crippen molar-refractivity contribution in [1.29, 1.82) is 0 Å². The molecule has 0 saturated carbocycles. The molecular weight excluding hydrogens is 458 g/mol. The molecule has 1 aromatic carbocycles. The molecule has 0 saturated heterocycles. The van der Waals surface area contributed by atoms with Gasteiger partial charge in [0, 0.05) is 23.4 Å². The van der Waals surface area contributed by atoms with Gasteiger partial charge in [0.2, 0.25) is 0 Å². The van der Waals surface area contributed by atoms with E-state index in [9.17, 15) is 9.59 Å². The van der Waals surface area contributed by atoms with Crippen LogP contribution in [0.2, 0.25) is 0 Å². The standard InChI is InChI=1S/C22H15N7O4S/c1-32-21(31)14-10-23-29-17(30)9-12(24-18(14)29)11-34-22-27-26-19-13-5-2-3-6-15(13)25-20(28(19)22)16-7-4-8-33-16/h2-10,23H,11H2,1H3. The van der Waals surface area contributed by atoms with E-state index in [0.717, 1.165) is 10.9 Å². The van der Waals surface area contributed by atoms with Crippen LogP contribution < -0.4 is 5.56 Å². The summed E-state index contributed by atoms with van der Waals surface area (Å²) in [6.07, 6.45) is 2.97. The number of rotatable bonds is 5. The largest absolute Gasteiger partial charge is 0.465 e.